The summed E-state index contributed by atoms with van der Waals surface area (Å²) in [4.78, 5) is 28.7. The molecule has 6 heteroatoms. The van der Waals surface area contributed by atoms with Gasteiger partial charge in [0.25, 0.3) is 11.5 Å². The van der Waals surface area contributed by atoms with Gasteiger partial charge in [0.1, 0.15) is 0 Å². The fourth-order valence-electron chi connectivity index (χ4n) is 3.46. The molecule has 28 heavy (non-hydrogen) atoms. The minimum absolute atomic E-state index is 0.130. The van der Waals surface area contributed by atoms with Crippen LogP contribution in [-0.4, -0.2) is 27.2 Å². The number of carbonyl (C=O) groups is 1. The average molecular weight is 374 g/mol. The van der Waals surface area contributed by atoms with Crippen molar-refractivity contribution in [2.75, 3.05) is 6.54 Å². The molecule has 2 aromatic carbocycles. The van der Waals surface area contributed by atoms with Crippen molar-refractivity contribution >= 4 is 27.6 Å². The number of carbonyl (C=O) groups excluding carboxylic acids is 1. The Hall–Kier alpha value is -3.41. The van der Waals surface area contributed by atoms with Gasteiger partial charge in [0.2, 0.25) is 0 Å². The van der Waals surface area contributed by atoms with Gasteiger partial charge in [-0.1, -0.05) is 36.4 Å². The predicted molar refractivity (Wildman–Crippen MR) is 111 cm³/mol. The van der Waals surface area contributed by atoms with Crippen LogP contribution in [-0.2, 0) is 6.42 Å². The number of rotatable bonds is 5. The van der Waals surface area contributed by atoms with Crippen molar-refractivity contribution in [1.82, 2.24) is 20.1 Å². The zero-order valence-corrected chi connectivity index (χ0v) is 15.9. The molecule has 0 atom stereocenters. The van der Waals surface area contributed by atoms with Gasteiger partial charge >= 0.3 is 0 Å². The molecular weight excluding hydrogens is 352 g/mol. The Kier molecular flexibility index (Phi) is 4.69. The zero-order chi connectivity index (χ0) is 19.7. The Morgan fingerprint density at radius 3 is 2.50 bits per heavy atom. The number of hydrogen-bond donors (Lipinski definition) is 2. The highest BCUT2D eigenvalue weighted by Gasteiger charge is 2.17. The van der Waals surface area contributed by atoms with Crippen LogP contribution < -0.4 is 10.9 Å². The van der Waals surface area contributed by atoms with Crippen molar-refractivity contribution in [1.29, 1.82) is 0 Å². The summed E-state index contributed by atoms with van der Waals surface area (Å²) in [6.45, 7) is 4.24. The molecule has 1 amide bonds. The van der Waals surface area contributed by atoms with Gasteiger partial charge in [-0.15, -0.1) is 0 Å². The van der Waals surface area contributed by atoms with E-state index in [1.165, 1.54) is 4.68 Å². The van der Waals surface area contributed by atoms with Gasteiger partial charge in [-0.3, -0.25) is 9.59 Å². The first-order chi connectivity index (χ1) is 13.6. The van der Waals surface area contributed by atoms with Gasteiger partial charge in [-0.25, -0.2) is 4.68 Å². The summed E-state index contributed by atoms with van der Waals surface area (Å²) in [6, 6.07) is 15.1. The van der Waals surface area contributed by atoms with E-state index in [-0.39, 0.29) is 23.2 Å². The molecule has 0 saturated carbocycles. The molecule has 0 aliphatic heterocycles. The molecule has 0 aliphatic rings. The van der Waals surface area contributed by atoms with Gasteiger partial charge in [-0.05, 0) is 38.0 Å². The minimum Gasteiger partial charge on any atom is -0.361 e. The fourth-order valence-corrected chi connectivity index (χ4v) is 3.46. The van der Waals surface area contributed by atoms with Crippen LogP contribution in [0.5, 0.6) is 0 Å². The first-order valence-electron chi connectivity index (χ1n) is 9.41. The number of H-pyrrole nitrogens is 1. The molecule has 142 valence electrons. The fraction of sp³-hybridized carbons (Fsp3) is 0.227. The van der Waals surface area contributed by atoms with E-state index in [1.807, 2.05) is 44.3 Å². The highest BCUT2D eigenvalue weighted by Crippen LogP contribution is 2.18. The summed E-state index contributed by atoms with van der Waals surface area (Å²) >= 11 is 0. The molecular formula is C22H22N4O2. The summed E-state index contributed by atoms with van der Waals surface area (Å²) in [5.74, 6) is -0.273. The number of aromatic amines is 1. The summed E-state index contributed by atoms with van der Waals surface area (Å²) in [5, 5.41) is 9.55. The van der Waals surface area contributed by atoms with Crippen LogP contribution in [0.3, 0.4) is 0 Å². The second kappa shape index (κ2) is 7.31. The normalized spacial score (nSPS) is 11.4. The molecule has 0 fully saturated rings. The molecule has 0 aliphatic carbocycles. The first-order valence-corrected chi connectivity index (χ1v) is 9.41. The van der Waals surface area contributed by atoms with Crippen molar-refractivity contribution < 1.29 is 4.79 Å². The lowest BCUT2D eigenvalue weighted by Crippen LogP contribution is -2.32. The van der Waals surface area contributed by atoms with E-state index in [1.54, 1.807) is 18.2 Å². The molecule has 0 saturated heterocycles. The Labute approximate surface area is 162 Å². The monoisotopic (exact) mass is 374 g/mol. The summed E-state index contributed by atoms with van der Waals surface area (Å²) < 4.78 is 1.37. The van der Waals surface area contributed by atoms with Gasteiger partial charge in [0.15, 0.2) is 5.69 Å². The van der Waals surface area contributed by atoms with Gasteiger partial charge < -0.3 is 10.3 Å². The van der Waals surface area contributed by atoms with Crippen LogP contribution in [0.25, 0.3) is 21.7 Å². The molecule has 2 aromatic heterocycles. The molecule has 0 radical (unpaired) electrons. The molecule has 0 bridgehead atoms. The molecule has 0 unspecified atom stereocenters. The van der Waals surface area contributed by atoms with Crippen molar-refractivity contribution in [3.8, 4) is 0 Å². The first kappa shape index (κ1) is 18.0. The second-order valence-electron chi connectivity index (χ2n) is 7.10. The van der Waals surface area contributed by atoms with E-state index in [2.05, 4.69) is 21.5 Å². The van der Waals surface area contributed by atoms with E-state index >= 15 is 0 Å². The van der Waals surface area contributed by atoms with E-state index in [0.717, 1.165) is 16.5 Å². The van der Waals surface area contributed by atoms with Crippen LogP contribution in [0.1, 0.15) is 35.9 Å². The zero-order valence-electron chi connectivity index (χ0n) is 15.9. The van der Waals surface area contributed by atoms with Crippen molar-refractivity contribution in [2.24, 2.45) is 0 Å². The topological polar surface area (TPSA) is 79.8 Å². The lowest BCUT2D eigenvalue weighted by Gasteiger charge is -2.13. The molecule has 4 aromatic rings. The Morgan fingerprint density at radius 1 is 1.07 bits per heavy atom. The van der Waals surface area contributed by atoms with Crippen molar-refractivity contribution in [2.45, 2.75) is 26.3 Å². The third-order valence-corrected chi connectivity index (χ3v) is 4.89. The quantitative estimate of drug-likeness (QED) is 0.562. The number of nitrogens with one attached hydrogen (secondary N) is 2. The molecule has 2 heterocycles. The lowest BCUT2D eigenvalue weighted by atomic mass is 10.1. The van der Waals surface area contributed by atoms with Crippen molar-refractivity contribution in [3.63, 3.8) is 0 Å². The van der Waals surface area contributed by atoms with E-state index in [0.29, 0.717) is 23.7 Å². The average Bonchev–Trinajstić information content (AvgIpc) is 3.11. The highest BCUT2D eigenvalue weighted by atomic mass is 16.2. The van der Waals surface area contributed by atoms with Gasteiger partial charge in [-0.2, -0.15) is 5.10 Å². The van der Waals surface area contributed by atoms with Crippen LogP contribution in [0, 0.1) is 0 Å². The molecule has 2 N–H and O–H groups in total. The number of fused-ring (bicyclic) bond motifs is 2. The Balaban J connectivity index is 1.59. The van der Waals surface area contributed by atoms with Crippen LogP contribution >= 0.6 is 0 Å². The Bertz CT molecular complexity index is 1220. The minimum atomic E-state index is -0.273. The summed E-state index contributed by atoms with van der Waals surface area (Å²) in [6.07, 6.45) is 2.68. The largest absolute Gasteiger partial charge is 0.361 e. The van der Waals surface area contributed by atoms with Gasteiger partial charge in [0, 0.05) is 29.0 Å². The Morgan fingerprint density at radius 2 is 1.75 bits per heavy atom. The van der Waals surface area contributed by atoms with Crippen LogP contribution in [0.4, 0.5) is 0 Å². The maximum Gasteiger partial charge on any atom is 0.274 e. The van der Waals surface area contributed by atoms with E-state index < -0.39 is 0 Å². The third-order valence-electron chi connectivity index (χ3n) is 4.89. The van der Waals surface area contributed by atoms with Crippen LogP contribution in [0.15, 0.2) is 59.5 Å². The maximum absolute atomic E-state index is 12.8. The van der Waals surface area contributed by atoms with Crippen LogP contribution in [0.2, 0.25) is 0 Å². The SMILES string of the molecule is CC(C)n1nc(C(=O)NCCc2c[nH]c3ccccc23)c2ccccc2c1=O. The third kappa shape index (κ3) is 3.17. The smallest absolute Gasteiger partial charge is 0.274 e. The number of para-hydroxylation sites is 1. The number of hydrogen-bond acceptors (Lipinski definition) is 3. The number of nitrogens with zero attached hydrogens (tertiary/aromatic N) is 2. The van der Waals surface area contributed by atoms with Crippen molar-refractivity contribution in [3.05, 3.63) is 76.3 Å². The second-order valence-corrected chi connectivity index (χ2v) is 7.10. The maximum atomic E-state index is 12.8. The van der Waals surface area contributed by atoms with Gasteiger partial charge in [0.05, 0.1) is 11.4 Å². The summed E-state index contributed by atoms with van der Waals surface area (Å²) in [7, 11) is 0. The molecule has 0 spiro atoms. The highest BCUT2D eigenvalue weighted by molar-refractivity contribution is 6.04. The molecule has 4 rings (SSSR count). The summed E-state index contributed by atoms with van der Waals surface area (Å²) in [5.41, 5.74) is 2.34. The number of aromatic nitrogens is 3. The number of benzene rings is 2. The predicted octanol–water partition coefficient (Wildman–Crippen LogP) is 3.43. The molecule has 6 nitrogen and oxygen atoms in total. The van der Waals surface area contributed by atoms with E-state index in [9.17, 15) is 9.59 Å². The lowest BCUT2D eigenvalue weighted by molar-refractivity contribution is 0.0948. The number of amides is 1. The standard InChI is InChI=1S/C22H22N4O2/c1-14(2)26-22(28)18-9-4-3-8-17(18)20(25-26)21(27)23-12-11-15-13-24-19-10-6-5-7-16(15)19/h3-10,13-14,24H,11-12H2,1-2H3,(H,23,27). The van der Waals surface area contributed by atoms with E-state index in [4.69, 9.17) is 0 Å².